The Morgan fingerprint density at radius 2 is 2.00 bits per heavy atom. The molecule has 2 aromatic carbocycles. The lowest BCUT2D eigenvalue weighted by Crippen LogP contribution is -2.10. The van der Waals surface area contributed by atoms with Crippen LogP contribution in [0.1, 0.15) is 36.9 Å². The number of nitrogens with zero attached hydrogens (tertiary/aromatic N) is 2. The van der Waals surface area contributed by atoms with Crippen LogP contribution in [0.3, 0.4) is 0 Å². The van der Waals surface area contributed by atoms with Crippen LogP contribution in [0.2, 0.25) is 10.0 Å². The molecule has 1 atom stereocenters. The minimum Gasteiger partial charge on any atom is -0.497 e. The third kappa shape index (κ3) is 5.01. The third-order valence-electron chi connectivity index (χ3n) is 4.40. The second-order valence-electron chi connectivity index (χ2n) is 6.26. The highest BCUT2D eigenvalue weighted by atomic mass is 35.5. The normalized spacial score (nSPS) is 12.1. The maximum atomic E-state index is 6.16. The number of hydrogen-bond donors (Lipinski definition) is 0. The lowest BCUT2D eigenvalue weighted by atomic mass is 10.0. The summed E-state index contributed by atoms with van der Waals surface area (Å²) in [6, 6.07) is 12.3. The molecule has 1 unspecified atom stereocenters. The Labute approximate surface area is 174 Å². The van der Waals surface area contributed by atoms with Gasteiger partial charge in [-0.3, -0.25) is 0 Å². The number of benzene rings is 2. The van der Waals surface area contributed by atoms with E-state index in [0.717, 1.165) is 29.9 Å². The number of aromatic nitrogens is 2. The first-order valence-corrected chi connectivity index (χ1v) is 10.6. The Hall–Kier alpha value is -1.62. The summed E-state index contributed by atoms with van der Waals surface area (Å²) < 4.78 is 7.65. The van der Waals surface area contributed by atoms with Crippen molar-refractivity contribution >= 4 is 35.0 Å². The van der Waals surface area contributed by atoms with E-state index < -0.39 is 0 Å². The van der Waals surface area contributed by atoms with E-state index in [1.165, 1.54) is 10.5 Å². The van der Waals surface area contributed by atoms with E-state index in [1.807, 2.05) is 43.0 Å². The van der Waals surface area contributed by atoms with Crippen LogP contribution >= 0.6 is 35.0 Å². The van der Waals surface area contributed by atoms with Gasteiger partial charge in [-0.2, -0.15) is 0 Å². The molecule has 0 amide bonds. The zero-order chi connectivity index (χ0) is 19.2. The Morgan fingerprint density at radius 3 is 2.67 bits per heavy atom. The molecule has 3 rings (SSSR count). The van der Waals surface area contributed by atoms with Gasteiger partial charge in [0, 0.05) is 23.0 Å². The summed E-state index contributed by atoms with van der Waals surface area (Å²) in [5.74, 6) is 1.68. The lowest BCUT2D eigenvalue weighted by Gasteiger charge is -2.22. The molecule has 0 aliphatic rings. The van der Waals surface area contributed by atoms with Crippen molar-refractivity contribution in [2.45, 2.75) is 36.5 Å². The Morgan fingerprint density at radius 1 is 1.15 bits per heavy atom. The molecule has 3 aromatic rings. The molecule has 0 saturated carbocycles. The standard InChI is InChI=1S/C21H22Cl2N2OS/c1-3-4-20(25-10-9-24-14-25)17-12-16(26-2)6-8-21(17)27-13-15-5-7-18(22)19(23)11-15/h5-12,14,20H,3-4,13H2,1-2H3. The van der Waals surface area contributed by atoms with Crippen LogP contribution in [0.5, 0.6) is 5.75 Å². The quantitative estimate of drug-likeness (QED) is 0.371. The highest BCUT2D eigenvalue weighted by Crippen LogP contribution is 2.37. The summed E-state index contributed by atoms with van der Waals surface area (Å²) in [4.78, 5) is 5.46. The number of hydrogen-bond acceptors (Lipinski definition) is 3. The maximum Gasteiger partial charge on any atom is 0.119 e. The van der Waals surface area contributed by atoms with Crippen molar-refractivity contribution < 1.29 is 4.74 Å². The zero-order valence-corrected chi connectivity index (χ0v) is 17.7. The summed E-state index contributed by atoms with van der Waals surface area (Å²) >= 11 is 14.0. The molecule has 3 nitrogen and oxygen atoms in total. The second kappa shape index (κ2) is 9.54. The minimum absolute atomic E-state index is 0.226. The molecule has 142 valence electrons. The van der Waals surface area contributed by atoms with Gasteiger partial charge in [0.25, 0.3) is 0 Å². The first-order valence-electron chi connectivity index (χ1n) is 8.84. The molecular formula is C21H22Cl2N2OS. The highest BCUT2D eigenvalue weighted by Gasteiger charge is 2.18. The third-order valence-corrected chi connectivity index (χ3v) is 6.30. The van der Waals surface area contributed by atoms with Gasteiger partial charge in [-0.15, -0.1) is 11.8 Å². The van der Waals surface area contributed by atoms with Gasteiger partial charge in [-0.1, -0.05) is 42.6 Å². The predicted octanol–water partition coefficient (Wildman–Crippen LogP) is 6.88. The van der Waals surface area contributed by atoms with E-state index in [0.29, 0.717) is 10.0 Å². The highest BCUT2D eigenvalue weighted by molar-refractivity contribution is 7.98. The lowest BCUT2D eigenvalue weighted by molar-refractivity contribution is 0.412. The van der Waals surface area contributed by atoms with Gasteiger partial charge < -0.3 is 9.30 Å². The molecule has 1 heterocycles. The summed E-state index contributed by atoms with van der Waals surface area (Å²) in [5.41, 5.74) is 2.39. The van der Waals surface area contributed by atoms with Gasteiger partial charge in [0.2, 0.25) is 0 Å². The van der Waals surface area contributed by atoms with Crippen molar-refractivity contribution in [3.8, 4) is 5.75 Å². The van der Waals surface area contributed by atoms with Gasteiger partial charge in [-0.05, 0) is 47.9 Å². The van der Waals surface area contributed by atoms with Gasteiger partial charge in [0.1, 0.15) is 5.75 Å². The average molecular weight is 421 g/mol. The van der Waals surface area contributed by atoms with Crippen LogP contribution in [0.4, 0.5) is 0 Å². The van der Waals surface area contributed by atoms with E-state index in [-0.39, 0.29) is 6.04 Å². The van der Waals surface area contributed by atoms with E-state index in [9.17, 15) is 0 Å². The number of rotatable bonds is 8. The average Bonchev–Trinajstić information content (AvgIpc) is 3.21. The smallest absolute Gasteiger partial charge is 0.119 e. The van der Waals surface area contributed by atoms with Crippen LogP contribution in [-0.2, 0) is 5.75 Å². The molecule has 0 aliphatic carbocycles. The zero-order valence-electron chi connectivity index (χ0n) is 15.4. The minimum atomic E-state index is 0.226. The van der Waals surface area contributed by atoms with Gasteiger partial charge in [-0.25, -0.2) is 4.98 Å². The fourth-order valence-corrected chi connectivity index (χ4v) is 4.38. The Kier molecular flexibility index (Phi) is 7.11. The Balaban J connectivity index is 1.91. The van der Waals surface area contributed by atoms with E-state index in [2.05, 4.69) is 28.6 Å². The van der Waals surface area contributed by atoms with E-state index >= 15 is 0 Å². The maximum absolute atomic E-state index is 6.16. The molecule has 0 saturated heterocycles. The first kappa shape index (κ1) is 20.1. The largest absolute Gasteiger partial charge is 0.497 e. The van der Waals surface area contributed by atoms with Crippen LogP contribution in [0, 0.1) is 0 Å². The molecule has 0 radical (unpaired) electrons. The van der Waals surface area contributed by atoms with Crippen LogP contribution in [-0.4, -0.2) is 16.7 Å². The molecular weight excluding hydrogens is 399 g/mol. The molecule has 6 heteroatoms. The predicted molar refractivity (Wildman–Crippen MR) is 114 cm³/mol. The van der Waals surface area contributed by atoms with Gasteiger partial charge in [0.15, 0.2) is 0 Å². The van der Waals surface area contributed by atoms with Gasteiger partial charge >= 0.3 is 0 Å². The summed E-state index contributed by atoms with van der Waals surface area (Å²) in [5, 5.41) is 1.17. The van der Waals surface area contributed by atoms with Crippen LogP contribution in [0.25, 0.3) is 0 Å². The van der Waals surface area contributed by atoms with Crippen molar-refractivity contribution in [2.24, 2.45) is 0 Å². The Bertz CT molecular complexity index is 884. The summed E-state index contributed by atoms with van der Waals surface area (Å²) in [6.07, 6.45) is 7.84. The second-order valence-corrected chi connectivity index (χ2v) is 8.09. The molecule has 0 aliphatic heterocycles. The first-order chi connectivity index (χ1) is 13.1. The number of halogens is 2. The SMILES string of the molecule is CCCC(c1cc(OC)ccc1SCc1ccc(Cl)c(Cl)c1)n1ccnc1. The van der Waals surface area contributed by atoms with Crippen LogP contribution < -0.4 is 4.74 Å². The van der Waals surface area contributed by atoms with Crippen molar-refractivity contribution in [3.05, 3.63) is 76.3 Å². The monoisotopic (exact) mass is 420 g/mol. The molecule has 0 spiro atoms. The molecule has 27 heavy (non-hydrogen) atoms. The summed E-state index contributed by atoms with van der Waals surface area (Å²) in [7, 11) is 1.70. The summed E-state index contributed by atoms with van der Waals surface area (Å²) in [6.45, 7) is 2.20. The van der Waals surface area contributed by atoms with Crippen LogP contribution in [0.15, 0.2) is 60.0 Å². The molecule has 0 bridgehead atoms. The molecule has 0 fully saturated rings. The number of methoxy groups -OCH3 is 1. The molecule has 0 N–H and O–H groups in total. The van der Waals surface area contributed by atoms with Gasteiger partial charge in [0.05, 0.1) is 29.5 Å². The van der Waals surface area contributed by atoms with Crippen molar-refractivity contribution in [3.63, 3.8) is 0 Å². The number of thioether (sulfide) groups is 1. The van der Waals surface area contributed by atoms with E-state index in [1.54, 1.807) is 18.9 Å². The van der Waals surface area contributed by atoms with E-state index in [4.69, 9.17) is 27.9 Å². The number of imidazole rings is 1. The molecule has 1 aromatic heterocycles. The number of ether oxygens (including phenoxy) is 1. The van der Waals surface area contributed by atoms with Crippen molar-refractivity contribution in [1.29, 1.82) is 0 Å². The topological polar surface area (TPSA) is 27.1 Å². The van der Waals surface area contributed by atoms with Crippen molar-refractivity contribution in [2.75, 3.05) is 7.11 Å². The van der Waals surface area contributed by atoms with Crippen molar-refractivity contribution in [1.82, 2.24) is 9.55 Å². The fourth-order valence-electron chi connectivity index (χ4n) is 3.03. The fraction of sp³-hybridized carbons (Fsp3) is 0.286.